The van der Waals surface area contributed by atoms with Crippen molar-refractivity contribution in [3.05, 3.63) is 23.4 Å². The number of aryl methyl sites for hydroxylation is 1. The lowest BCUT2D eigenvalue weighted by molar-refractivity contribution is 0.281. The van der Waals surface area contributed by atoms with Crippen LogP contribution in [-0.2, 0) is 13.0 Å². The van der Waals surface area contributed by atoms with E-state index in [0.717, 1.165) is 30.0 Å². The molecule has 2 rings (SSSR count). The van der Waals surface area contributed by atoms with E-state index in [4.69, 9.17) is 4.98 Å². The number of anilines is 1. The van der Waals surface area contributed by atoms with Crippen molar-refractivity contribution in [3.63, 3.8) is 0 Å². The summed E-state index contributed by atoms with van der Waals surface area (Å²) in [6.07, 6.45) is 6.15. The van der Waals surface area contributed by atoms with Gasteiger partial charge in [-0.1, -0.05) is 19.8 Å². The van der Waals surface area contributed by atoms with Crippen LogP contribution in [-0.4, -0.2) is 22.7 Å². The highest BCUT2D eigenvalue weighted by Crippen LogP contribution is 2.27. The van der Waals surface area contributed by atoms with Crippen molar-refractivity contribution in [2.24, 2.45) is 0 Å². The van der Waals surface area contributed by atoms with Gasteiger partial charge in [0.2, 0.25) is 0 Å². The third-order valence-electron chi connectivity index (χ3n) is 3.87. The SMILES string of the molecule is CCc1cc(CO)cc(N(CC)C2CCCC2)n1. The van der Waals surface area contributed by atoms with Crippen LogP contribution < -0.4 is 4.90 Å². The smallest absolute Gasteiger partial charge is 0.129 e. The Morgan fingerprint density at radius 1 is 1.28 bits per heavy atom. The minimum Gasteiger partial charge on any atom is -0.392 e. The predicted octanol–water partition coefficient (Wildman–Crippen LogP) is 2.91. The lowest BCUT2D eigenvalue weighted by Gasteiger charge is -2.29. The summed E-state index contributed by atoms with van der Waals surface area (Å²) in [5.41, 5.74) is 2.06. The van der Waals surface area contributed by atoms with Crippen molar-refractivity contribution in [3.8, 4) is 0 Å². The Morgan fingerprint density at radius 3 is 2.56 bits per heavy atom. The van der Waals surface area contributed by atoms with Crippen LogP contribution >= 0.6 is 0 Å². The van der Waals surface area contributed by atoms with Gasteiger partial charge in [0.1, 0.15) is 5.82 Å². The monoisotopic (exact) mass is 248 g/mol. The molecule has 0 radical (unpaired) electrons. The van der Waals surface area contributed by atoms with Crippen molar-refractivity contribution in [2.45, 2.75) is 58.6 Å². The van der Waals surface area contributed by atoms with Crippen molar-refractivity contribution in [1.29, 1.82) is 0 Å². The minimum absolute atomic E-state index is 0.102. The molecule has 3 nitrogen and oxygen atoms in total. The quantitative estimate of drug-likeness (QED) is 0.870. The number of aliphatic hydroxyl groups excluding tert-OH is 1. The fourth-order valence-corrected chi connectivity index (χ4v) is 2.88. The fraction of sp³-hybridized carbons (Fsp3) is 0.667. The fourth-order valence-electron chi connectivity index (χ4n) is 2.88. The van der Waals surface area contributed by atoms with Gasteiger partial charge >= 0.3 is 0 Å². The largest absolute Gasteiger partial charge is 0.392 e. The molecule has 1 N–H and O–H groups in total. The van der Waals surface area contributed by atoms with E-state index in [0.29, 0.717) is 6.04 Å². The first kappa shape index (κ1) is 13.3. The summed E-state index contributed by atoms with van der Waals surface area (Å²) in [7, 11) is 0. The molecule has 1 saturated carbocycles. The number of pyridine rings is 1. The molecule has 1 aliphatic carbocycles. The van der Waals surface area contributed by atoms with Gasteiger partial charge in [-0.2, -0.15) is 0 Å². The van der Waals surface area contributed by atoms with Crippen molar-refractivity contribution < 1.29 is 5.11 Å². The zero-order chi connectivity index (χ0) is 13.0. The van der Waals surface area contributed by atoms with Gasteiger partial charge in [-0.15, -0.1) is 0 Å². The molecule has 100 valence electrons. The molecule has 0 aromatic carbocycles. The molecule has 1 fully saturated rings. The van der Waals surface area contributed by atoms with Crippen LogP contribution in [0.15, 0.2) is 12.1 Å². The van der Waals surface area contributed by atoms with Gasteiger partial charge in [0.25, 0.3) is 0 Å². The van der Waals surface area contributed by atoms with Gasteiger partial charge in [0.05, 0.1) is 6.61 Å². The highest BCUT2D eigenvalue weighted by Gasteiger charge is 2.22. The second kappa shape index (κ2) is 6.19. The number of aliphatic hydroxyl groups is 1. The highest BCUT2D eigenvalue weighted by molar-refractivity contribution is 5.44. The standard InChI is InChI=1S/C15H24N2O/c1-3-13-9-12(11-18)10-15(16-13)17(4-2)14-7-5-6-8-14/h9-10,14,18H,3-8,11H2,1-2H3. The van der Waals surface area contributed by atoms with Crippen molar-refractivity contribution in [2.75, 3.05) is 11.4 Å². The van der Waals surface area contributed by atoms with Gasteiger partial charge < -0.3 is 10.0 Å². The van der Waals surface area contributed by atoms with Crippen LogP contribution in [0.5, 0.6) is 0 Å². The molecule has 0 bridgehead atoms. The summed E-state index contributed by atoms with van der Waals surface area (Å²) in [4.78, 5) is 7.14. The summed E-state index contributed by atoms with van der Waals surface area (Å²) in [5, 5.41) is 9.36. The molecule has 1 aromatic heterocycles. The average Bonchev–Trinajstić information content (AvgIpc) is 2.93. The first-order valence-electron chi connectivity index (χ1n) is 7.15. The van der Waals surface area contributed by atoms with Crippen LogP contribution in [0.25, 0.3) is 0 Å². The Labute approximate surface area is 110 Å². The van der Waals surface area contributed by atoms with E-state index in [9.17, 15) is 5.11 Å². The van der Waals surface area contributed by atoms with Gasteiger partial charge in [-0.05, 0) is 43.9 Å². The predicted molar refractivity (Wildman–Crippen MR) is 74.8 cm³/mol. The molecule has 0 aliphatic heterocycles. The van der Waals surface area contributed by atoms with E-state index in [1.54, 1.807) is 0 Å². The molecule has 0 atom stereocenters. The number of hydrogen-bond donors (Lipinski definition) is 1. The van der Waals surface area contributed by atoms with Crippen molar-refractivity contribution >= 4 is 5.82 Å². The molecule has 3 heteroatoms. The molecule has 0 saturated heterocycles. The third-order valence-corrected chi connectivity index (χ3v) is 3.87. The number of aromatic nitrogens is 1. The maximum absolute atomic E-state index is 9.36. The van der Waals surface area contributed by atoms with E-state index in [1.165, 1.54) is 25.7 Å². The number of nitrogens with zero attached hydrogens (tertiary/aromatic N) is 2. The Morgan fingerprint density at radius 2 is 2.00 bits per heavy atom. The van der Waals surface area contributed by atoms with E-state index < -0.39 is 0 Å². The summed E-state index contributed by atoms with van der Waals surface area (Å²) >= 11 is 0. The van der Waals surface area contributed by atoms with Gasteiger partial charge in [-0.25, -0.2) is 4.98 Å². The molecule has 1 heterocycles. The van der Waals surface area contributed by atoms with E-state index in [2.05, 4.69) is 18.7 Å². The molecule has 0 amide bonds. The molecular formula is C15H24N2O. The zero-order valence-corrected chi connectivity index (χ0v) is 11.5. The van der Waals surface area contributed by atoms with Crippen LogP contribution in [0.4, 0.5) is 5.82 Å². The van der Waals surface area contributed by atoms with Gasteiger partial charge in [-0.3, -0.25) is 0 Å². The van der Waals surface area contributed by atoms with E-state index in [-0.39, 0.29) is 6.61 Å². The molecular weight excluding hydrogens is 224 g/mol. The Hall–Kier alpha value is -1.09. The van der Waals surface area contributed by atoms with E-state index >= 15 is 0 Å². The van der Waals surface area contributed by atoms with Crippen LogP contribution in [0.1, 0.15) is 50.8 Å². The zero-order valence-electron chi connectivity index (χ0n) is 11.5. The van der Waals surface area contributed by atoms with Gasteiger partial charge in [0, 0.05) is 18.3 Å². The topological polar surface area (TPSA) is 36.4 Å². The summed E-state index contributed by atoms with van der Waals surface area (Å²) in [6.45, 7) is 5.40. The molecule has 18 heavy (non-hydrogen) atoms. The maximum Gasteiger partial charge on any atom is 0.129 e. The number of rotatable bonds is 5. The Balaban J connectivity index is 2.28. The van der Waals surface area contributed by atoms with Crippen LogP contribution in [0.2, 0.25) is 0 Å². The second-order valence-corrected chi connectivity index (χ2v) is 5.06. The molecule has 1 aliphatic rings. The summed E-state index contributed by atoms with van der Waals surface area (Å²) in [6, 6.07) is 4.69. The average molecular weight is 248 g/mol. The minimum atomic E-state index is 0.102. The Kier molecular flexibility index (Phi) is 4.59. The maximum atomic E-state index is 9.36. The Bertz CT molecular complexity index is 364. The lowest BCUT2D eigenvalue weighted by Crippen LogP contribution is -2.33. The molecule has 0 unspecified atom stereocenters. The summed E-state index contributed by atoms with van der Waals surface area (Å²) in [5.74, 6) is 1.05. The van der Waals surface area contributed by atoms with E-state index in [1.807, 2.05) is 12.1 Å². The van der Waals surface area contributed by atoms with Crippen LogP contribution in [0.3, 0.4) is 0 Å². The number of hydrogen-bond acceptors (Lipinski definition) is 3. The first-order chi connectivity index (χ1) is 8.78. The highest BCUT2D eigenvalue weighted by atomic mass is 16.3. The molecule has 1 aromatic rings. The normalized spacial score (nSPS) is 16.2. The summed E-state index contributed by atoms with van der Waals surface area (Å²) < 4.78 is 0. The van der Waals surface area contributed by atoms with Crippen LogP contribution in [0, 0.1) is 0 Å². The first-order valence-corrected chi connectivity index (χ1v) is 7.15. The second-order valence-electron chi connectivity index (χ2n) is 5.06. The molecule has 0 spiro atoms. The van der Waals surface area contributed by atoms with Crippen molar-refractivity contribution in [1.82, 2.24) is 4.98 Å². The lowest BCUT2D eigenvalue weighted by atomic mass is 10.1. The third kappa shape index (κ3) is 2.83. The van der Waals surface area contributed by atoms with Gasteiger partial charge in [0.15, 0.2) is 0 Å².